The Hall–Kier alpha value is -2.47. The van der Waals surface area contributed by atoms with E-state index in [2.05, 4.69) is 30.9 Å². The first-order valence-electron chi connectivity index (χ1n) is 6.55. The lowest BCUT2D eigenvalue weighted by Crippen LogP contribution is -1.84. The lowest BCUT2D eigenvalue weighted by atomic mass is 10.2. The van der Waals surface area contributed by atoms with Crippen molar-refractivity contribution in [3.8, 4) is 17.4 Å². The summed E-state index contributed by atoms with van der Waals surface area (Å²) < 4.78 is 6.23. The van der Waals surface area contributed by atoms with Crippen LogP contribution in [0.25, 0.3) is 11.5 Å². The van der Waals surface area contributed by atoms with E-state index in [4.69, 9.17) is 4.42 Å². The van der Waals surface area contributed by atoms with E-state index in [9.17, 15) is 5.11 Å². The van der Waals surface area contributed by atoms with Gasteiger partial charge in [-0.15, -0.1) is 0 Å². The van der Waals surface area contributed by atoms with E-state index < -0.39 is 0 Å². The maximum atomic E-state index is 9.83. The van der Waals surface area contributed by atoms with E-state index in [0.717, 1.165) is 15.7 Å². The number of hydrogen-bond donors (Lipinski definition) is 1. The Labute approximate surface area is 135 Å². The van der Waals surface area contributed by atoms with E-state index >= 15 is 0 Å². The monoisotopic (exact) mass is 357 g/mol. The largest absolute Gasteiger partial charge is 0.479 e. The fourth-order valence-electron chi connectivity index (χ4n) is 1.85. The second kappa shape index (κ2) is 6.11. The molecule has 0 aliphatic rings. The summed E-state index contributed by atoms with van der Waals surface area (Å²) in [6.07, 6.45) is 1.43. The molecule has 0 aliphatic heterocycles. The summed E-state index contributed by atoms with van der Waals surface area (Å²) in [5.41, 5.74) is 1.91. The van der Waals surface area contributed by atoms with Crippen molar-refractivity contribution in [3.63, 3.8) is 0 Å². The summed E-state index contributed by atoms with van der Waals surface area (Å²) >= 11 is 3.37. The number of hydrogen-bond acceptors (Lipinski definition) is 5. The van der Waals surface area contributed by atoms with Gasteiger partial charge in [-0.05, 0) is 43.3 Å². The van der Waals surface area contributed by atoms with Crippen molar-refractivity contribution in [3.05, 3.63) is 58.3 Å². The lowest BCUT2D eigenvalue weighted by molar-refractivity contribution is 0.337. The minimum absolute atomic E-state index is 0.265. The van der Waals surface area contributed by atoms with Crippen molar-refractivity contribution in [2.45, 2.75) is 6.92 Å². The average molecular weight is 358 g/mol. The van der Waals surface area contributed by atoms with Gasteiger partial charge >= 0.3 is 5.95 Å². The van der Waals surface area contributed by atoms with Crippen LogP contribution in [0, 0.1) is 6.92 Å². The molecule has 0 amide bonds. The fourth-order valence-corrected chi connectivity index (χ4v) is 2.12. The summed E-state index contributed by atoms with van der Waals surface area (Å²) in [4.78, 5) is 12.7. The Morgan fingerprint density at radius 2 is 1.91 bits per heavy atom. The van der Waals surface area contributed by atoms with Crippen molar-refractivity contribution in [1.82, 2.24) is 9.97 Å². The van der Waals surface area contributed by atoms with Gasteiger partial charge in [0.05, 0.1) is 6.21 Å². The molecule has 2 heterocycles. The van der Waals surface area contributed by atoms with Gasteiger partial charge in [-0.25, -0.2) is 15.0 Å². The Kier molecular flexibility index (Phi) is 4.02. The minimum atomic E-state index is -0.269. The molecule has 110 valence electrons. The number of rotatable bonds is 3. The van der Waals surface area contributed by atoms with Crippen LogP contribution in [0.2, 0.25) is 0 Å². The molecule has 0 bridgehead atoms. The van der Waals surface area contributed by atoms with Crippen LogP contribution in [0.1, 0.15) is 11.4 Å². The molecule has 0 saturated heterocycles. The zero-order chi connectivity index (χ0) is 15.5. The quantitative estimate of drug-likeness (QED) is 0.710. The molecule has 0 spiro atoms. The molecule has 0 unspecified atom stereocenters. The van der Waals surface area contributed by atoms with Crippen molar-refractivity contribution in [2.24, 2.45) is 4.99 Å². The van der Waals surface area contributed by atoms with E-state index in [1.807, 2.05) is 43.3 Å². The second-order valence-corrected chi connectivity index (χ2v) is 5.53. The van der Waals surface area contributed by atoms with Crippen LogP contribution in [-0.2, 0) is 0 Å². The summed E-state index contributed by atoms with van der Waals surface area (Å²) in [6, 6.07) is 13.0. The Morgan fingerprint density at radius 1 is 1.14 bits per heavy atom. The molecule has 1 aromatic carbocycles. The molecule has 6 heteroatoms. The van der Waals surface area contributed by atoms with Crippen LogP contribution < -0.4 is 0 Å². The highest BCUT2D eigenvalue weighted by atomic mass is 79.9. The predicted octanol–water partition coefficient (Wildman–Crippen LogP) is 4.26. The van der Waals surface area contributed by atoms with E-state index in [-0.39, 0.29) is 11.6 Å². The summed E-state index contributed by atoms with van der Waals surface area (Å²) in [5, 5.41) is 9.83. The number of oxazole rings is 1. The van der Waals surface area contributed by atoms with Gasteiger partial charge < -0.3 is 9.52 Å². The third-order valence-electron chi connectivity index (χ3n) is 2.92. The number of aromatic nitrogens is 2. The number of pyridine rings is 1. The number of aromatic hydroxyl groups is 1. The van der Waals surface area contributed by atoms with Crippen molar-refractivity contribution in [1.29, 1.82) is 0 Å². The van der Waals surface area contributed by atoms with E-state index in [0.29, 0.717) is 11.7 Å². The zero-order valence-corrected chi connectivity index (χ0v) is 13.3. The summed E-state index contributed by atoms with van der Waals surface area (Å²) in [5.74, 6) is 0.616. The molecular formula is C16H12BrN3O2. The summed E-state index contributed by atoms with van der Waals surface area (Å²) in [7, 11) is 0. The third-order valence-corrected chi connectivity index (χ3v) is 3.45. The average Bonchev–Trinajstić information content (AvgIpc) is 2.87. The predicted molar refractivity (Wildman–Crippen MR) is 87.5 cm³/mol. The van der Waals surface area contributed by atoms with Crippen LogP contribution in [0.3, 0.4) is 0 Å². The molecule has 0 fully saturated rings. The van der Waals surface area contributed by atoms with Crippen LogP contribution in [0.4, 0.5) is 5.82 Å². The smallest absolute Gasteiger partial charge is 0.312 e. The van der Waals surface area contributed by atoms with Crippen LogP contribution in [0.5, 0.6) is 5.95 Å². The van der Waals surface area contributed by atoms with Gasteiger partial charge in [0.1, 0.15) is 0 Å². The van der Waals surface area contributed by atoms with Crippen LogP contribution >= 0.6 is 15.9 Å². The van der Waals surface area contributed by atoms with E-state index in [1.165, 1.54) is 6.21 Å². The van der Waals surface area contributed by atoms with Crippen molar-refractivity contribution in [2.75, 3.05) is 0 Å². The third kappa shape index (κ3) is 3.23. The van der Waals surface area contributed by atoms with Gasteiger partial charge in [-0.1, -0.05) is 22.0 Å². The molecule has 0 atom stereocenters. The fraction of sp³-hybridized carbons (Fsp3) is 0.0625. The molecule has 0 aliphatic carbocycles. The number of aliphatic imine (C=N–C) groups is 1. The highest BCUT2D eigenvalue weighted by molar-refractivity contribution is 9.10. The van der Waals surface area contributed by atoms with Crippen LogP contribution in [0.15, 0.2) is 56.3 Å². The van der Waals surface area contributed by atoms with Crippen LogP contribution in [-0.4, -0.2) is 21.3 Å². The van der Waals surface area contributed by atoms with Gasteiger partial charge in [0.25, 0.3) is 0 Å². The molecule has 1 N–H and O–H groups in total. The molecular weight excluding hydrogens is 346 g/mol. The highest BCUT2D eigenvalue weighted by Gasteiger charge is 2.12. The first-order valence-corrected chi connectivity index (χ1v) is 7.34. The maximum absolute atomic E-state index is 9.83. The minimum Gasteiger partial charge on any atom is -0.479 e. The van der Waals surface area contributed by atoms with E-state index in [1.54, 1.807) is 6.07 Å². The molecule has 3 rings (SSSR count). The molecule has 5 nitrogen and oxygen atoms in total. The zero-order valence-electron chi connectivity index (χ0n) is 11.7. The number of aryl methyl sites for hydroxylation is 1. The van der Waals surface area contributed by atoms with Crippen molar-refractivity contribution < 1.29 is 9.52 Å². The first-order chi connectivity index (χ1) is 10.6. The summed E-state index contributed by atoms with van der Waals surface area (Å²) in [6.45, 7) is 1.89. The highest BCUT2D eigenvalue weighted by Crippen LogP contribution is 2.26. The Morgan fingerprint density at radius 3 is 2.64 bits per heavy atom. The van der Waals surface area contributed by atoms with Crippen molar-refractivity contribution >= 4 is 28.0 Å². The van der Waals surface area contributed by atoms with Gasteiger partial charge in [0, 0.05) is 15.7 Å². The maximum Gasteiger partial charge on any atom is 0.312 e. The number of halogens is 1. The molecule has 2 aromatic heterocycles. The second-order valence-electron chi connectivity index (χ2n) is 4.61. The van der Waals surface area contributed by atoms with Gasteiger partial charge in [-0.3, -0.25) is 0 Å². The van der Waals surface area contributed by atoms with Gasteiger partial charge in [0.15, 0.2) is 11.5 Å². The standard InChI is InChI=1S/C16H12BrN3O2/c1-10-3-2-4-14(19-10)18-9-13-16(21)22-15(20-13)11-5-7-12(17)8-6-11/h2-9,21H,1H3. The van der Waals surface area contributed by atoms with Gasteiger partial charge in [-0.2, -0.15) is 0 Å². The molecule has 0 saturated carbocycles. The first kappa shape index (κ1) is 14.5. The Balaban J connectivity index is 1.88. The number of benzene rings is 1. The normalized spacial score (nSPS) is 11.2. The SMILES string of the molecule is Cc1cccc(N=Cc2nc(-c3ccc(Br)cc3)oc2O)n1. The Bertz CT molecular complexity index is 826. The lowest BCUT2D eigenvalue weighted by Gasteiger charge is -1.94. The topological polar surface area (TPSA) is 71.5 Å². The molecule has 22 heavy (non-hydrogen) atoms. The van der Waals surface area contributed by atoms with Gasteiger partial charge in [0.2, 0.25) is 5.89 Å². The molecule has 0 radical (unpaired) electrons. The number of nitrogens with zero attached hydrogens (tertiary/aromatic N) is 3. The molecule has 3 aromatic rings.